The lowest BCUT2D eigenvalue weighted by Crippen LogP contribution is -2.30. The summed E-state index contributed by atoms with van der Waals surface area (Å²) in [5.74, 6) is -0.966. The Labute approximate surface area is 445 Å². The first-order valence-electron chi connectivity index (χ1n) is 30.6. The topological polar surface area (TPSA) is 78.9 Å². The van der Waals surface area contributed by atoms with Gasteiger partial charge in [0.25, 0.3) is 0 Å². The van der Waals surface area contributed by atoms with Crippen molar-refractivity contribution in [1.82, 2.24) is 0 Å². The van der Waals surface area contributed by atoms with E-state index in [0.717, 1.165) is 103 Å². The molecule has 0 aromatic rings. The van der Waals surface area contributed by atoms with E-state index in [0.29, 0.717) is 19.3 Å². The van der Waals surface area contributed by atoms with Crippen molar-refractivity contribution < 1.29 is 28.6 Å². The molecule has 0 N–H and O–H groups in total. The number of allylic oxidation sites excluding steroid dienone is 14. The van der Waals surface area contributed by atoms with Crippen LogP contribution in [0.5, 0.6) is 0 Å². The van der Waals surface area contributed by atoms with Gasteiger partial charge in [-0.3, -0.25) is 14.4 Å². The lowest BCUT2D eigenvalue weighted by Gasteiger charge is -2.18. The molecule has 0 bridgehead atoms. The average molecular weight is 1000 g/mol. The molecule has 0 amide bonds. The van der Waals surface area contributed by atoms with E-state index in [2.05, 4.69) is 106 Å². The second kappa shape index (κ2) is 60.1. The zero-order chi connectivity index (χ0) is 52.2. The van der Waals surface area contributed by atoms with Crippen molar-refractivity contribution in [2.24, 2.45) is 0 Å². The van der Waals surface area contributed by atoms with Crippen molar-refractivity contribution >= 4 is 17.9 Å². The molecular weight excluding hydrogens is 889 g/mol. The Hall–Kier alpha value is -3.41. The van der Waals surface area contributed by atoms with Gasteiger partial charge in [0, 0.05) is 19.3 Å². The van der Waals surface area contributed by atoms with Crippen molar-refractivity contribution in [3.05, 3.63) is 85.1 Å². The number of esters is 3. The maximum atomic E-state index is 12.8. The monoisotopic (exact) mass is 1000 g/mol. The first kappa shape index (κ1) is 68.6. The molecule has 0 spiro atoms. The molecule has 0 aromatic heterocycles. The van der Waals surface area contributed by atoms with Gasteiger partial charge in [0.2, 0.25) is 0 Å². The molecule has 72 heavy (non-hydrogen) atoms. The Balaban J connectivity index is 4.28. The Bertz CT molecular complexity index is 1380. The van der Waals surface area contributed by atoms with Crippen LogP contribution in [0.4, 0.5) is 0 Å². The summed E-state index contributed by atoms with van der Waals surface area (Å²) in [5, 5.41) is 0. The lowest BCUT2D eigenvalue weighted by atomic mass is 10.0. The molecule has 0 aromatic carbocycles. The molecule has 0 aliphatic heterocycles. The number of hydrogen-bond donors (Lipinski definition) is 0. The SMILES string of the molecule is CC/C=C\C/C=C\C/C=C\C/C=C\CCCCC(=O)OC(COC(=O)CCCCC/C=C\C/C=C\C/C=C\CC)COC(=O)CCCCCCCCCCCCCCCCCCCCCCCCCCCC. The second-order valence-electron chi connectivity index (χ2n) is 20.2. The van der Waals surface area contributed by atoms with Crippen LogP contribution in [-0.2, 0) is 28.6 Å². The minimum atomic E-state index is -0.810. The first-order chi connectivity index (χ1) is 35.5. The van der Waals surface area contributed by atoms with Crippen LogP contribution in [-0.4, -0.2) is 37.2 Å². The van der Waals surface area contributed by atoms with Gasteiger partial charge < -0.3 is 14.2 Å². The van der Waals surface area contributed by atoms with E-state index in [-0.39, 0.29) is 37.5 Å². The molecule has 6 nitrogen and oxygen atoms in total. The molecule has 0 saturated heterocycles. The van der Waals surface area contributed by atoms with Gasteiger partial charge in [0.15, 0.2) is 6.10 Å². The van der Waals surface area contributed by atoms with Gasteiger partial charge in [-0.25, -0.2) is 0 Å². The fraction of sp³-hybridized carbons (Fsp3) is 0.742. The minimum absolute atomic E-state index is 0.101. The summed E-state index contributed by atoms with van der Waals surface area (Å²) in [7, 11) is 0. The number of ether oxygens (including phenoxy) is 3. The highest BCUT2D eigenvalue weighted by atomic mass is 16.6. The number of carbonyl (C=O) groups excluding carboxylic acids is 3. The second-order valence-corrected chi connectivity index (χ2v) is 20.2. The van der Waals surface area contributed by atoms with Crippen LogP contribution in [0.15, 0.2) is 85.1 Å². The zero-order valence-corrected chi connectivity index (χ0v) is 47.4. The maximum Gasteiger partial charge on any atom is 0.306 e. The van der Waals surface area contributed by atoms with Crippen LogP contribution in [0.3, 0.4) is 0 Å². The highest BCUT2D eigenvalue weighted by Crippen LogP contribution is 2.17. The van der Waals surface area contributed by atoms with Crippen molar-refractivity contribution in [3.63, 3.8) is 0 Å². The van der Waals surface area contributed by atoms with E-state index in [4.69, 9.17) is 14.2 Å². The molecule has 1 unspecified atom stereocenters. The van der Waals surface area contributed by atoms with Crippen LogP contribution in [0, 0.1) is 0 Å². The van der Waals surface area contributed by atoms with Crippen LogP contribution < -0.4 is 0 Å². The van der Waals surface area contributed by atoms with Gasteiger partial charge in [-0.1, -0.05) is 273 Å². The van der Waals surface area contributed by atoms with Crippen LogP contribution in [0.1, 0.15) is 297 Å². The van der Waals surface area contributed by atoms with E-state index in [1.807, 2.05) is 0 Å². The van der Waals surface area contributed by atoms with Crippen LogP contribution in [0.2, 0.25) is 0 Å². The summed E-state index contributed by atoms with van der Waals surface area (Å²) >= 11 is 0. The average Bonchev–Trinajstić information content (AvgIpc) is 3.38. The molecule has 0 aliphatic rings. The highest BCUT2D eigenvalue weighted by molar-refractivity contribution is 5.71. The van der Waals surface area contributed by atoms with Gasteiger partial charge >= 0.3 is 17.9 Å². The summed E-state index contributed by atoms with van der Waals surface area (Å²) in [6.07, 6.45) is 79.0. The third-order valence-electron chi connectivity index (χ3n) is 13.1. The third-order valence-corrected chi connectivity index (χ3v) is 13.1. The maximum absolute atomic E-state index is 12.8. The van der Waals surface area contributed by atoms with Gasteiger partial charge in [-0.05, 0) is 89.9 Å². The predicted molar refractivity (Wildman–Crippen MR) is 311 cm³/mol. The fourth-order valence-corrected chi connectivity index (χ4v) is 8.63. The number of carbonyl (C=O) groups is 3. The Morgan fingerprint density at radius 3 is 0.875 bits per heavy atom. The van der Waals surface area contributed by atoms with Gasteiger partial charge in [0.1, 0.15) is 13.2 Å². The summed E-state index contributed by atoms with van der Waals surface area (Å²) in [5.41, 5.74) is 0. The highest BCUT2D eigenvalue weighted by Gasteiger charge is 2.19. The molecular formula is C66H114O6. The van der Waals surface area contributed by atoms with E-state index in [1.54, 1.807) is 0 Å². The van der Waals surface area contributed by atoms with E-state index < -0.39 is 6.10 Å². The summed E-state index contributed by atoms with van der Waals surface area (Å²) < 4.78 is 16.8. The summed E-state index contributed by atoms with van der Waals surface area (Å²) in [6.45, 7) is 6.38. The predicted octanol–water partition coefficient (Wildman–Crippen LogP) is 20.7. The molecule has 1 atom stereocenters. The largest absolute Gasteiger partial charge is 0.462 e. The van der Waals surface area contributed by atoms with E-state index in [9.17, 15) is 14.4 Å². The lowest BCUT2D eigenvalue weighted by molar-refractivity contribution is -0.167. The van der Waals surface area contributed by atoms with Gasteiger partial charge in [0.05, 0.1) is 0 Å². The smallest absolute Gasteiger partial charge is 0.306 e. The molecule has 6 heteroatoms. The third kappa shape index (κ3) is 57.5. The fourth-order valence-electron chi connectivity index (χ4n) is 8.63. The minimum Gasteiger partial charge on any atom is -0.462 e. The molecule has 0 aliphatic carbocycles. The number of rotatable bonds is 55. The Kier molecular flexibility index (Phi) is 57.3. The normalized spacial score (nSPS) is 12.7. The molecule has 0 heterocycles. The van der Waals surface area contributed by atoms with E-state index in [1.165, 1.54) is 148 Å². The van der Waals surface area contributed by atoms with Crippen LogP contribution >= 0.6 is 0 Å². The van der Waals surface area contributed by atoms with Crippen molar-refractivity contribution in [2.45, 2.75) is 303 Å². The van der Waals surface area contributed by atoms with Crippen molar-refractivity contribution in [1.29, 1.82) is 0 Å². The van der Waals surface area contributed by atoms with Crippen LogP contribution in [0.25, 0.3) is 0 Å². The Morgan fingerprint density at radius 1 is 0.292 bits per heavy atom. The van der Waals surface area contributed by atoms with Gasteiger partial charge in [-0.15, -0.1) is 0 Å². The quantitative estimate of drug-likeness (QED) is 0.0261. The van der Waals surface area contributed by atoms with E-state index >= 15 is 0 Å². The Morgan fingerprint density at radius 2 is 0.542 bits per heavy atom. The molecule has 0 rings (SSSR count). The summed E-state index contributed by atoms with van der Waals surface area (Å²) in [4.78, 5) is 38.1. The standard InChI is InChI=1S/C66H114O6/c1-4-7-10-13-16-19-22-25-27-28-29-30-31-32-33-34-35-36-37-39-41-44-47-50-53-56-59-65(68)71-62-63(61-70-64(67)58-55-52-49-46-43-40-24-21-18-15-12-9-6-3)72-66(69)60-57-54-51-48-45-42-38-26-23-20-17-14-11-8-5-2/h8-9,11-12,17-18,20-21,26,38,40,43,45,48,63H,4-7,10,13-16,19,22-25,27-37,39,41-42,44,46-47,49-62H2,1-3H3/b11-8-,12-9-,20-17-,21-18-,38-26-,43-40-,48-45-. The number of unbranched alkanes of at least 4 members (excludes halogenated alkanes) is 30. The first-order valence-corrected chi connectivity index (χ1v) is 30.6. The number of hydrogen-bond acceptors (Lipinski definition) is 6. The molecule has 414 valence electrons. The van der Waals surface area contributed by atoms with Crippen molar-refractivity contribution in [3.8, 4) is 0 Å². The zero-order valence-electron chi connectivity index (χ0n) is 47.4. The summed E-state index contributed by atoms with van der Waals surface area (Å²) in [6, 6.07) is 0. The molecule has 0 radical (unpaired) electrons. The van der Waals surface area contributed by atoms with Gasteiger partial charge in [-0.2, -0.15) is 0 Å². The molecule has 0 saturated carbocycles. The van der Waals surface area contributed by atoms with Crippen molar-refractivity contribution in [2.75, 3.05) is 13.2 Å². The molecule has 0 fully saturated rings.